The summed E-state index contributed by atoms with van der Waals surface area (Å²) in [5.74, 6) is 0.665. The fourth-order valence-electron chi connectivity index (χ4n) is 3.21. The maximum absolute atomic E-state index is 12.5. The first-order valence-electron chi connectivity index (χ1n) is 8.35. The molecule has 25 heavy (non-hydrogen) atoms. The van der Waals surface area contributed by atoms with E-state index in [4.69, 9.17) is 4.74 Å². The Morgan fingerprint density at radius 3 is 2.60 bits per heavy atom. The summed E-state index contributed by atoms with van der Waals surface area (Å²) in [7, 11) is 1.55. The zero-order valence-corrected chi connectivity index (χ0v) is 16.0. The lowest BCUT2D eigenvalue weighted by molar-refractivity contribution is -0.121. The van der Waals surface area contributed by atoms with Crippen LogP contribution in [0.4, 0.5) is 0 Å². The van der Waals surface area contributed by atoms with Crippen LogP contribution in [0, 0.1) is 6.92 Å². The van der Waals surface area contributed by atoms with Crippen LogP contribution in [0.1, 0.15) is 24.8 Å². The predicted molar refractivity (Wildman–Crippen MR) is 96.2 cm³/mol. The molecule has 0 unspecified atom stereocenters. The minimum atomic E-state index is -3.58. The van der Waals surface area contributed by atoms with E-state index in [9.17, 15) is 13.2 Å². The number of nitrogens with one attached hydrogen (secondary N) is 2. The summed E-state index contributed by atoms with van der Waals surface area (Å²) in [6.45, 7) is 2.14. The third kappa shape index (κ3) is 4.71. The van der Waals surface area contributed by atoms with E-state index in [1.807, 2.05) is 14.0 Å². The summed E-state index contributed by atoms with van der Waals surface area (Å²) < 4.78 is 32.9. The number of sulfonamides is 1. The Labute approximate surface area is 149 Å². The van der Waals surface area contributed by atoms with E-state index in [0.29, 0.717) is 18.7 Å². The van der Waals surface area contributed by atoms with Gasteiger partial charge in [0.25, 0.3) is 0 Å². The molecule has 1 aromatic rings. The summed E-state index contributed by atoms with van der Waals surface area (Å²) in [5, 5.41) is 2.63. The first-order chi connectivity index (χ1) is 11.8. The maximum atomic E-state index is 12.5. The van der Waals surface area contributed by atoms with Crippen molar-refractivity contribution in [2.24, 2.45) is 0 Å². The Kier molecular flexibility index (Phi) is 6.42. The minimum Gasteiger partial charge on any atom is -0.496 e. The Balaban J connectivity index is 1.98. The van der Waals surface area contributed by atoms with Gasteiger partial charge in [0.2, 0.25) is 15.9 Å². The molecular formula is C17H27N3O4S. The standard InChI is InChI=1S/C17H27N3O4S/c1-12-9-15(7-8-16(12)24-4)25(22,23)19-11-14-6-5-13(20(14)3)10-17(21)18-2/h7-9,13-14,19H,5-6,10-11H2,1-4H3,(H,18,21)/t13-,14+/m1/s1. The summed E-state index contributed by atoms with van der Waals surface area (Å²) in [4.78, 5) is 13.9. The average Bonchev–Trinajstić information content (AvgIpc) is 2.93. The highest BCUT2D eigenvalue weighted by Crippen LogP contribution is 2.25. The van der Waals surface area contributed by atoms with E-state index in [-0.39, 0.29) is 22.9 Å². The third-order valence-electron chi connectivity index (χ3n) is 4.87. The number of amides is 1. The van der Waals surface area contributed by atoms with E-state index in [1.54, 1.807) is 32.4 Å². The molecule has 8 heteroatoms. The van der Waals surface area contributed by atoms with Gasteiger partial charge in [0.05, 0.1) is 12.0 Å². The third-order valence-corrected chi connectivity index (χ3v) is 6.29. The van der Waals surface area contributed by atoms with Gasteiger partial charge in [-0.3, -0.25) is 9.69 Å². The summed E-state index contributed by atoms with van der Waals surface area (Å²) >= 11 is 0. The van der Waals surface area contributed by atoms with Gasteiger partial charge in [0.1, 0.15) is 5.75 Å². The molecule has 1 aliphatic rings. The average molecular weight is 369 g/mol. The Hall–Kier alpha value is -1.64. The predicted octanol–water partition coefficient (Wildman–Crippen LogP) is 0.881. The molecule has 0 radical (unpaired) electrons. The Morgan fingerprint density at radius 2 is 2.00 bits per heavy atom. The minimum absolute atomic E-state index is 0.00629. The van der Waals surface area contributed by atoms with E-state index in [0.717, 1.165) is 18.4 Å². The first-order valence-corrected chi connectivity index (χ1v) is 9.83. The highest BCUT2D eigenvalue weighted by atomic mass is 32.2. The molecule has 1 amide bonds. The second kappa shape index (κ2) is 8.16. The molecule has 1 aliphatic heterocycles. The van der Waals surface area contributed by atoms with E-state index in [2.05, 4.69) is 14.9 Å². The lowest BCUT2D eigenvalue weighted by Gasteiger charge is -2.25. The van der Waals surface area contributed by atoms with Crippen molar-refractivity contribution in [1.29, 1.82) is 0 Å². The number of likely N-dealkylation sites (tertiary alicyclic amines) is 1. The smallest absolute Gasteiger partial charge is 0.240 e. The van der Waals surface area contributed by atoms with Gasteiger partial charge in [-0.15, -0.1) is 0 Å². The summed E-state index contributed by atoms with van der Waals surface area (Å²) in [6, 6.07) is 5.04. The lowest BCUT2D eigenvalue weighted by Crippen LogP contribution is -2.42. The molecule has 0 aliphatic carbocycles. The van der Waals surface area contributed by atoms with E-state index in [1.165, 1.54) is 0 Å². The van der Waals surface area contributed by atoms with Crippen LogP contribution in [0.3, 0.4) is 0 Å². The molecule has 1 fully saturated rings. The fourth-order valence-corrected chi connectivity index (χ4v) is 4.36. The van der Waals surface area contributed by atoms with Crippen molar-refractivity contribution in [3.05, 3.63) is 23.8 Å². The molecule has 1 saturated heterocycles. The van der Waals surface area contributed by atoms with E-state index >= 15 is 0 Å². The molecule has 2 rings (SSSR count). The summed E-state index contributed by atoms with van der Waals surface area (Å²) in [6.07, 6.45) is 2.19. The molecule has 0 aromatic heterocycles. The molecule has 2 N–H and O–H groups in total. The number of hydrogen-bond acceptors (Lipinski definition) is 5. The van der Waals surface area contributed by atoms with Crippen LogP contribution in [-0.2, 0) is 14.8 Å². The molecule has 2 atom stereocenters. The quantitative estimate of drug-likeness (QED) is 0.745. The highest BCUT2D eigenvalue weighted by molar-refractivity contribution is 7.89. The van der Waals surface area contributed by atoms with Gasteiger partial charge >= 0.3 is 0 Å². The van der Waals surface area contributed by atoms with Crippen molar-refractivity contribution in [2.75, 3.05) is 27.7 Å². The Morgan fingerprint density at radius 1 is 1.32 bits per heavy atom. The van der Waals surface area contributed by atoms with Crippen LogP contribution in [0.15, 0.2) is 23.1 Å². The number of carbonyl (C=O) groups excluding carboxylic acids is 1. The van der Waals surface area contributed by atoms with Gasteiger partial charge in [-0.1, -0.05) is 0 Å². The SMILES string of the molecule is CNC(=O)C[C@H]1CC[C@@H](CNS(=O)(=O)c2ccc(OC)c(C)c2)N1C. The molecule has 7 nitrogen and oxygen atoms in total. The van der Waals surface area contributed by atoms with Gasteiger partial charge in [-0.2, -0.15) is 0 Å². The topological polar surface area (TPSA) is 87.7 Å². The number of carbonyl (C=O) groups is 1. The molecule has 0 saturated carbocycles. The van der Waals surface area contributed by atoms with Crippen LogP contribution in [0.2, 0.25) is 0 Å². The van der Waals surface area contributed by atoms with Crippen LogP contribution in [-0.4, -0.2) is 59.1 Å². The fraction of sp³-hybridized carbons (Fsp3) is 0.588. The number of methoxy groups -OCH3 is 1. The van der Waals surface area contributed by atoms with Crippen molar-refractivity contribution in [3.63, 3.8) is 0 Å². The van der Waals surface area contributed by atoms with Gasteiger partial charge in [-0.25, -0.2) is 13.1 Å². The number of aryl methyl sites for hydroxylation is 1. The summed E-state index contributed by atoms with van der Waals surface area (Å²) in [5.41, 5.74) is 0.772. The van der Waals surface area contributed by atoms with Crippen molar-refractivity contribution >= 4 is 15.9 Å². The van der Waals surface area contributed by atoms with Crippen LogP contribution in [0.5, 0.6) is 5.75 Å². The van der Waals surface area contributed by atoms with E-state index < -0.39 is 10.0 Å². The van der Waals surface area contributed by atoms with Crippen molar-refractivity contribution < 1.29 is 17.9 Å². The van der Waals surface area contributed by atoms with Crippen molar-refractivity contribution in [3.8, 4) is 5.75 Å². The van der Waals surface area contributed by atoms with Crippen molar-refractivity contribution in [1.82, 2.24) is 14.9 Å². The Bertz CT molecular complexity index is 721. The maximum Gasteiger partial charge on any atom is 0.240 e. The normalized spacial score (nSPS) is 21.3. The van der Waals surface area contributed by atoms with Crippen LogP contribution < -0.4 is 14.8 Å². The van der Waals surface area contributed by atoms with Gasteiger partial charge in [-0.05, 0) is 50.6 Å². The number of ether oxygens (including phenoxy) is 1. The van der Waals surface area contributed by atoms with Gasteiger partial charge < -0.3 is 10.1 Å². The lowest BCUT2D eigenvalue weighted by atomic mass is 10.1. The number of nitrogens with zero attached hydrogens (tertiary/aromatic N) is 1. The first kappa shape index (κ1) is 19.7. The molecule has 0 spiro atoms. The number of benzene rings is 1. The molecule has 140 valence electrons. The second-order valence-electron chi connectivity index (χ2n) is 6.41. The second-order valence-corrected chi connectivity index (χ2v) is 8.18. The number of rotatable bonds is 7. The van der Waals surface area contributed by atoms with Crippen molar-refractivity contribution in [2.45, 2.75) is 43.2 Å². The van der Waals surface area contributed by atoms with Crippen LogP contribution in [0.25, 0.3) is 0 Å². The zero-order chi connectivity index (χ0) is 18.6. The zero-order valence-electron chi connectivity index (χ0n) is 15.2. The van der Waals surface area contributed by atoms with Crippen LogP contribution >= 0.6 is 0 Å². The molecule has 0 bridgehead atoms. The molecule has 1 aromatic carbocycles. The van der Waals surface area contributed by atoms with Gasteiger partial charge in [0.15, 0.2) is 0 Å². The largest absolute Gasteiger partial charge is 0.496 e. The van der Waals surface area contributed by atoms with Gasteiger partial charge in [0, 0.05) is 32.1 Å². The highest BCUT2D eigenvalue weighted by Gasteiger charge is 2.32. The number of likely N-dealkylation sites (N-methyl/N-ethyl adjacent to an activating group) is 1. The monoisotopic (exact) mass is 369 g/mol. The molecule has 1 heterocycles. The number of hydrogen-bond donors (Lipinski definition) is 2. The molecular weight excluding hydrogens is 342 g/mol.